The van der Waals surface area contributed by atoms with Crippen molar-refractivity contribution in [3.05, 3.63) is 36.0 Å². The fourth-order valence-corrected chi connectivity index (χ4v) is 1.47. The third-order valence-corrected chi connectivity index (χ3v) is 2.48. The molecule has 0 atom stereocenters. The van der Waals surface area contributed by atoms with Crippen LogP contribution >= 0.6 is 0 Å². The van der Waals surface area contributed by atoms with Crippen LogP contribution in [0.1, 0.15) is 36.8 Å². The highest BCUT2D eigenvalue weighted by atomic mass is 16.4. The lowest BCUT2D eigenvalue weighted by Crippen LogP contribution is -2.17. The molecular weight excluding hydrogens is 232 g/mol. The van der Waals surface area contributed by atoms with Gasteiger partial charge in [-0.1, -0.05) is 20.8 Å². The summed E-state index contributed by atoms with van der Waals surface area (Å²) in [6, 6.07) is 3.06. The van der Waals surface area contributed by atoms with E-state index in [2.05, 4.69) is 15.1 Å². The highest BCUT2D eigenvalue weighted by molar-refractivity contribution is 5.88. The quantitative estimate of drug-likeness (QED) is 0.871. The van der Waals surface area contributed by atoms with Crippen molar-refractivity contribution < 1.29 is 9.90 Å². The van der Waals surface area contributed by atoms with Crippen molar-refractivity contribution >= 4 is 5.97 Å². The van der Waals surface area contributed by atoms with Crippen LogP contribution in [-0.4, -0.2) is 30.8 Å². The van der Waals surface area contributed by atoms with Crippen LogP contribution in [0.15, 0.2) is 24.8 Å². The van der Waals surface area contributed by atoms with Crippen LogP contribution < -0.4 is 0 Å². The number of hydrogen-bond donors (Lipinski definition) is 1. The Labute approximate surface area is 104 Å². The van der Waals surface area contributed by atoms with E-state index in [1.165, 1.54) is 23.4 Å². The molecule has 1 N–H and O–H groups in total. The first-order valence-electron chi connectivity index (χ1n) is 5.49. The van der Waals surface area contributed by atoms with Gasteiger partial charge in [-0.15, -0.1) is 0 Å². The summed E-state index contributed by atoms with van der Waals surface area (Å²) >= 11 is 0. The Hall–Kier alpha value is -2.24. The molecule has 6 heteroatoms. The summed E-state index contributed by atoms with van der Waals surface area (Å²) < 4.78 is 1.45. The second kappa shape index (κ2) is 4.21. The van der Waals surface area contributed by atoms with E-state index in [1.807, 2.05) is 20.8 Å². The van der Waals surface area contributed by atoms with Gasteiger partial charge >= 0.3 is 5.97 Å². The second-order valence-electron chi connectivity index (χ2n) is 4.99. The molecule has 0 radical (unpaired) electrons. The second-order valence-corrected chi connectivity index (χ2v) is 4.99. The van der Waals surface area contributed by atoms with Crippen molar-refractivity contribution in [2.45, 2.75) is 26.2 Å². The third kappa shape index (κ3) is 2.37. The lowest BCUT2D eigenvalue weighted by atomic mass is 9.91. The van der Waals surface area contributed by atoms with Crippen LogP contribution in [0.2, 0.25) is 0 Å². The first-order chi connectivity index (χ1) is 8.38. The molecule has 2 rings (SSSR count). The highest BCUT2D eigenvalue weighted by Gasteiger charge is 2.19. The smallest absolute Gasteiger partial charge is 0.335 e. The first kappa shape index (κ1) is 12.2. The summed E-state index contributed by atoms with van der Waals surface area (Å²) in [4.78, 5) is 19.4. The van der Waals surface area contributed by atoms with Crippen molar-refractivity contribution in [2.75, 3.05) is 0 Å². The van der Waals surface area contributed by atoms with Crippen LogP contribution in [-0.2, 0) is 5.41 Å². The molecule has 0 unspecified atom stereocenters. The maximum atomic E-state index is 11.1. The van der Waals surface area contributed by atoms with Crippen molar-refractivity contribution in [3.8, 4) is 5.82 Å². The predicted octanol–water partition coefficient (Wildman–Crippen LogP) is 1.66. The van der Waals surface area contributed by atoms with Gasteiger partial charge in [0.15, 0.2) is 5.82 Å². The van der Waals surface area contributed by atoms with Gasteiger partial charge in [0.1, 0.15) is 12.7 Å². The molecule has 2 aromatic heterocycles. The zero-order valence-electron chi connectivity index (χ0n) is 10.5. The van der Waals surface area contributed by atoms with Gasteiger partial charge in [0.05, 0.1) is 5.56 Å². The van der Waals surface area contributed by atoms with Crippen LogP contribution in [0, 0.1) is 0 Å². The molecule has 0 bridgehead atoms. The van der Waals surface area contributed by atoms with Crippen LogP contribution in [0.4, 0.5) is 0 Å². The molecule has 0 spiro atoms. The van der Waals surface area contributed by atoms with E-state index < -0.39 is 5.97 Å². The molecule has 0 amide bonds. The molecule has 18 heavy (non-hydrogen) atoms. The molecule has 0 aliphatic rings. The maximum Gasteiger partial charge on any atom is 0.335 e. The van der Waals surface area contributed by atoms with E-state index in [0.29, 0.717) is 11.5 Å². The van der Waals surface area contributed by atoms with Crippen LogP contribution in [0.5, 0.6) is 0 Å². The molecule has 94 valence electrons. The Bertz CT molecular complexity index is 570. The normalized spacial score (nSPS) is 11.5. The SMILES string of the molecule is CC(C)(C)c1cc(C(=O)O)cc(-n2cncn2)n1. The number of hydrogen-bond acceptors (Lipinski definition) is 4. The first-order valence-corrected chi connectivity index (χ1v) is 5.49. The van der Waals surface area contributed by atoms with Gasteiger partial charge in [-0.2, -0.15) is 5.10 Å². The minimum absolute atomic E-state index is 0.195. The fourth-order valence-electron chi connectivity index (χ4n) is 1.47. The van der Waals surface area contributed by atoms with E-state index in [1.54, 1.807) is 6.07 Å². The molecule has 0 aliphatic heterocycles. The number of rotatable bonds is 2. The van der Waals surface area contributed by atoms with E-state index in [-0.39, 0.29) is 11.0 Å². The standard InChI is InChI=1S/C12H14N4O2/c1-12(2,3)9-4-8(11(17)18)5-10(15-9)16-7-13-6-14-16/h4-7H,1-3H3,(H,17,18). The summed E-state index contributed by atoms with van der Waals surface area (Å²) in [5, 5.41) is 13.1. The van der Waals surface area contributed by atoms with Gasteiger partial charge in [-0.05, 0) is 12.1 Å². The molecule has 0 saturated heterocycles. The number of pyridine rings is 1. The average Bonchev–Trinajstić information content (AvgIpc) is 2.80. The molecule has 6 nitrogen and oxygen atoms in total. The van der Waals surface area contributed by atoms with Gasteiger partial charge in [-0.3, -0.25) is 0 Å². The fraction of sp³-hybridized carbons (Fsp3) is 0.333. The number of carboxylic acids is 1. The lowest BCUT2D eigenvalue weighted by molar-refractivity contribution is 0.0696. The van der Waals surface area contributed by atoms with Crippen molar-refractivity contribution in [2.24, 2.45) is 0 Å². The summed E-state index contributed by atoms with van der Waals surface area (Å²) in [5.74, 6) is -0.526. The van der Waals surface area contributed by atoms with Crippen molar-refractivity contribution in [1.82, 2.24) is 19.7 Å². The van der Waals surface area contributed by atoms with Gasteiger partial charge in [0.25, 0.3) is 0 Å². The Morgan fingerprint density at radius 2 is 2.06 bits per heavy atom. The summed E-state index contributed by atoms with van der Waals surface area (Å²) in [5.41, 5.74) is 0.661. The summed E-state index contributed by atoms with van der Waals surface area (Å²) in [6.45, 7) is 5.93. The molecule has 2 heterocycles. The van der Waals surface area contributed by atoms with E-state index in [9.17, 15) is 4.79 Å². The number of aromatic carboxylic acids is 1. The minimum Gasteiger partial charge on any atom is -0.478 e. The van der Waals surface area contributed by atoms with E-state index in [4.69, 9.17) is 5.11 Å². The Kier molecular flexibility index (Phi) is 2.86. The molecule has 0 aliphatic carbocycles. The predicted molar refractivity (Wildman–Crippen MR) is 64.8 cm³/mol. The average molecular weight is 246 g/mol. The Balaban J connectivity index is 2.61. The Morgan fingerprint density at radius 3 is 2.56 bits per heavy atom. The molecule has 0 aromatic carbocycles. The topological polar surface area (TPSA) is 80.9 Å². The van der Waals surface area contributed by atoms with Gasteiger partial charge in [-0.25, -0.2) is 19.4 Å². The van der Waals surface area contributed by atoms with Crippen molar-refractivity contribution in [3.63, 3.8) is 0 Å². The lowest BCUT2D eigenvalue weighted by Gasteiger charge is -2.19. The van der Waals surface area contributed by atoms with Gasteiger partial charge in [0.2, 0.25) is 0 Å². The number of nitrogens with zero attached hydrogens (tertiary/aromatic N) is 4. The Morgan fingerprint density at radius 1 is 1.33 bits per heavy atom. The largest absolute Gasteiger partial charge is 0.478 e. The van der Waals surface area contributed by atoms with Crippen LogP contribution in [0.3, 0.4) is 0 Å². The molecule has 0 fully saturated rings. The zero-order chi connectivity index (χ0) is 13.3. The summed E-state index contributed by atoms with van der Waals surface area (Å²) in [6.07, 6.45) is 2.87. The van der Waals surface area contributed by atoms with E-state index in [0.717, 1.165) is 0 Å². The zero-order valence-corrected chi connectivity index (χ0v) is 10.5. The molecule has 0 saturated carbocycles. The van der Waals surface area contributed by atoms with Crippen LogP contribution in [0.25, 0.3) is 5.82 Å². The summed E-state index contributed by atoms with van der Waals surface area (Å²) in [7, 11) is 0. The highest BCUT2D eigenvalue weighted by Crippen LogP contribution is 2.22. The van der Waals surface area contributed by atoms with Gasteiger partial charge < -0.3 is 5.11 Å². The van der Waals surface area contributed by atoms with Crippen molar-refractivity contribution in [1.29, 1.82) is 0 Å². The molecule has 2 aromatic rings. The minimum atomic E-state index is -0.982. The number of aromatic nitrogens is 4. The van der Waals surface area contributed by atoms with Gasteiger partial charge in [0, 0.05) is 11.1 Å². The maximum absolute atomic E-state index is 11.1. The molecular formula is C12H14N4O2. The van der Waals surface area contributed by atoms with E-state index >= 15 is 0 Å². The monoisotopic (exact) mass is 246 g/mol. The number of carbonyl (C=O) groups is 1. The number of carboxylic acid groups (broad SMARTS) is 1. The third-order valence-electron chi connectivity index (χ3n) is 2.48.